The number of methoxy groups -OCH3 is 1. The zero-order valence-corrected chi connectivity index (χ0v) is 12.1. The molecule has 2 aromatic rings. The molecule has 0 bridgehead atoms. The van der Waals surface area contributed by atoms with E-state index >= 15 is 0 Å². The lowest BCUT2D eigenvalue weighted by Crippen LogP contribution is -2.22. The average Bonchev–Trinajstić information content (AvgIpc) is 2.95. The minimum atomic E-state index is -0.686. The highest BCUT2D eigenvalue weighted by atomic mass is 16.5. The highest BCUT2D eigenvalue weighted by molar-refractivity contribution is 5.89. The molecule has 1 heterocycles. The number of rotatable bonds is 4. The lowest BCUT2D eigenvalue weighted by Gasteiger charge is -2.17. The molecular weight excluding hydrogens is 266 g/mol. The summed E-state index contributed by atoms with van der Waals surface area (Å²) >= 11 is 0. The first-order chi connectivity index (χ1) is 10.2. The second-order valence-corrected chi connectivity index (χ2v) is 5.58. The van der Waals surface area contributed by atoms with Crippen molar-refractivity contribution in [1.29, 1.82) is 0 Å². The van der Waals surface area contributed by atoms with E-state index in [4.69, 9.17) is 9.84 Å². The number of fused-ring (bicyclic) bond motifs is 1. The standard InChI is InChI=1S/C17H19NO3/c1-21-16-9-12(8-13-4-2-3-5-15(13)16)10-18-7-6-14(11-18)17(19)20/h2-5,8-9,14H,6-7,10-11H2,1H3,(H,19,20). The topological polar surface area (TPSA) is 49.8 Å². The number of carbonyl (C=O) groups is 1. The van der Waals surface area contributed by atoms with E-state index in [1.54, 1.807) is 7.11 Å². The number of carboxylic acids is 1. The summed E-state index contributed by atoms with van der Waals surface area (Å²) in [5.41, 5.74) is 1.16. The largest absolute Gasteiger partial charge is 0.496 e. The fourth-order valence-electron chi connectivity index (χ4n) is 3.03. The molecule has 1 atom stereocenters. The molecule has 1 unspecified atom stereocenters. The Kier molecular flexibility index (Phi) is 3.80. The van der Waals surface area contributed by atoms with E-state index in [-0.39, 0.29) is 5.92 Å². The number of nitrogens with zero attached hydrogens (tertiary/aromatic N) is 1. The van der Waals surface area contributed by atoms with Crippen molar-refractivity contribution in [2.75, 3.05) is 20.2 Å². The Balaban J connectivity index is 1.83. The Morgan fingerprint density at radius 2 is 2.19 bits per heavy atom. The fourth-order valence-corrected chi connectivity index (χ4v) is 3.03. The molecule has 1 aliphatic heterocycles. The van der Waals surface area contributed by atoms with Crippen molar-refractivity contribution in [2.24, 2.45) is 5.92 Å². The molecule has 0 spiro atoms. The Morgan fingerprint density at radius 1 is 1.38 bits per heavy atom. The van der Waals surface area contributed by atoms with E-state index < -0.39 is 5.97 Å². The van der Waals surface area contributed by atoms with Gasteiger partial charge in [-0.2, -0.15) is 0 Å². The van der Waals surface area contributed by atoms with Gasteiger partial charge in [0.05, 0.1) is 13.0 Å². The molecule has 1 N–H and O–H groups in total. The Bertz CT molecular complexity index is 668. The molecule has 21 heavy (non-hydrogen) atoms. The highest BCUT2D eigenvalue weighted by Gasteiger charge is 2.27. The monoisotopic (exact) mass is 285 g/mol. The maximum Gasteiger partial charge on any atom is 0.307 e. The van der Waals surface area contributed by atoms with Gasteiger partial charge < -0.3 is 9.84 Å². The van der Waals surface area contributed by atoms with Crippen LogP contribution in [0, 0.1) is 5.92 Å². The van der Waals surface area contributed by atoms with Crippen molar-refractivity contribution in [3.05, 3.63) is 42.0 Å². The zero-order chi connectivity index (χ0) is 14.8. The van der Waals surface area contributed by atoms with Crippen molar-refractivity contribution in [2.45, 2.75) is 13.0 Å². The molecule has 110 valence electrons. The molecule has 0 aromatic heterocycles. The van der Waals surface area contributed by atoms with Gasteiger partial charge in [-0.3, -0.25) is 9.69 Å². The van der Waals surface area contributed by atoms with Crippen LogP contribution < -0.4 is 4.74 Å². The van der Waals surface area contributed by atoms with Gasteiger partial charge in [0, 0.05) is 18.5 Å². The smallest absolute Gasteiger partial charge is 0.307 e. The van der Waals surface area contributed by atoms with Gasteiger partial charge in [0.1, 0.15) is 5.75 Å². The van der Waals surface area contributed by atoms with Crippen LogP contribution in [-0.2, 0) is 11.3 Å². The first kappa shape index (κ1) is 13.9. The van der Waals surface area contributed by atoms with Gasteiger partial charge in [0.25, 0.3) is 0 Å². The average molecular weight is 285 g/mol. The maximum absolute atomic E-state index is 11.0. The molecule has 0 saturated carbocycles. The van der Waals surface area contributed by atoms with E-state index in [2.05, 4.69) is 23.1 Å². The Hall–Kier alpha value is -2.07. The van der Waals surface area contributed by atoms with Crippen LogP contribution in [0.25, 0.3) is 10.8 Å². The fraction of sp³-hybridized carbons (Fsp3) is 0.353. The van der Waals surface area contributed by atoms with Crippen LogP contribution in [0.2, 0.25) is 0 Å². The summed E-state index contributed by atoms with van der Waals surface area (Å²) in [4.78, 5) is 13.2. The summed E-state index contributed by atoms with van der Waals surface area (Å²) in [6, 6.07) is 12.4. The van der Waals surface area contributed by atoms with Crippen LogP contribution >= 0.6 is 0 Å². The van der Waals surface area contributed by atoms with Crippen LogP contribution in [0.1, 0.15) is 12.0 Å². The highest BCUT2D eigenvalue weighted by Crippen LogP contribution is 2.29. The number of carboxylic acid groups (broad SMARTS) is 1. The van der Waals surface area contributed by atoms with Crippen molar-refractivity contribution in [1.82, 2.24) is 4.90 Å². The van der Waals surface area contributed by atoms with Crippen LogP contribution in [-0.4, -0.2) is 36.2 Å². The van der Waals surface area contributed by atoms with Gasteiger partial charge in [0.15, 0.2) is 0 Å². The minimum absolute atomic E-state index is 0.229. The summed E-state index contributed by atoms with van der Waals surface area (Å²) in [5, 5.41) is 11.3. The molecule has 0 aliphatic carbocycles. The SMILES string of the molecule is COc1cc(CN2CCC(C(=O)O)C2)cc2ccccc12. The number of ether oxygens (including phenoxy) is 1. The van der Waals surface area contributed by atoms with E-state index in [1.807, 2.05) is 18.2 Å². The molecule has 2 aromatic carbocycles. The zero-order valence-electron chi connectivity index (χ0n) is 12.1. The Morgan fingerprint density at radius 3 is 2.90 bits per heavy atom. The van der Waals surface area contributed by atoms with Gasteiger partial charge in [-0.1, -0.05) is 24.3 Å². The molecule has 1 saturated heterocycles. The lowest BCUT2D eigenvalue weighted by molar-refractivity contribution is -0.141. The summed E-state index contributed by atoms with van der Waals surface area (Å²) in [6.07, 6.45) is 0.736. The van der Waals surface area contributed by atoms with Gasteiger partial charge >= 0.3 is 5.97 Å². The predicted octanol–water partition coefficient (Wildman–Crippen LogP) is 2.75. The van der Waals surface area contributed by atoms with E-state index in [0.717, 1.165) is 41.6 Å². The number of hydrogen-bond acceptors (Lipinski definition) is 3. The lowest BCUT2D eigenvalue weighted by atomic mass is 10.1. The van der Waals surface area contributed by atoms with E-state index in [1.165, 1.54) is 0 Å². The van der Waals surface area contributed by atoms with E-state index in [0.29, 0.717) is 6.54 Å². The summed E-state index contributed by atoms with van der Waals surface area (Å²) in [6.45, 7) is 2.24. The molecule has 0 amide bonds. The van der Waals surface area contributed by atoms with Crippen molar-refractivity contribution in [3.8, 4) is 5.75 Å². The first-order valence-corrected chi connectivity index (χ1v) is 7.18. The van der Waals surface area contributed by atoms with Gasteiger partial charge in [-0.05, 0) is 36.0 Å². The normalized spacial score (nSPS) is 19.0. The van der Waals surface area contributed by atoms with Crippen molar-refractivity contribution >= 4 is 16.7 Å². The van der Waals surface area contributed by atoms with Crippen LogP contribution in [0.15, 0.2) is 36.4 Å². The third-order valence-corrected chi connectivity index (χ3v) is 4.13. The number of aliphatic carboxylic acids is 1. The van der Waals surface area contributed by atoms with Crippen LogP contribution in [0.5, 0.6) is 5.75 Å². The van der Waals surface area contributed by atoms with Crippen molar-refractivity contribution < 1.29 is 14.6 Å². The van der Waals surface area contributed by atoms with Gasteiger partial charge in [-0.25, -0.2) is 0 Å². The summed E-state index contributed by atoms with van der Waals surface area (Å²) in [7, 11) is 1.68. The van der Waals surface area contributed by atoms with Crippen LogP contribution in [0.3, 0.4) is 0 Å². The summed E-state index contributed by atoms with van der Waals surface area (Å²) in [5.74, 6) is -0.0435. The second-order valence-electron chi connectivity index (χ2n) is 5.58. The Labute approximate surface area is 123 Å². The molecule has 1 aliphatic rings. The quantitative estimate of drug-likeness (QED) is 0.938. The molecule has 4 heteroatoms. The second kappa shape index (κ2) is 5.74. The van der Waals surface area contributed by atoms with E-state index in [9.17, 15) is 4.79 Å². The molecule has 3 rings (SSSR count). The number of benzene rings is 2. The third kappa shape index (κ3) is 2.85. The molecule has 1 fully saturated rings. The number of likely N-dealkylation sites (tertiary alicyclic amines) is 1. The third-order valence-electron chi connectivity index (χ3n) is 4.13. The van der Waals surface area contributed by atoms with Crippen LogP contribution in [0.4, 0.5) is 0 Å². The van der Waals surface area contributed by atoms with Gasteiger partial charge in [0.2, 0.25) is 0 Å². The van der Waals surface area contributed by atoms with Crippen molar-refractivity contribution in [3.63, 3.8) is 0 Å². The minimum Gasteiger partial charge on any atom is -0.496 e. The summed E-state index contributed by atoms with van der Waals surface area (Å²) < 4.78 is 5.48. The molecule has 4 nitrogen and oxygen atoms in total. The van der Waals surface area contributed by atoms with Gasteiger partial charge in [-0.15, -0.1) is 0 Å². The predicted molar refractivity (Wildman–Crippen MR) is 81.5 cm³/mol. The maximum atomic E-state index is 11.0. The molecule has 0 radical (unpaired) electrons. The molecular formula is C17H19NO3. The first-order valence-electron chi connectivity index (χ1n) is 7.18. The number of hydrogen-bond donors (Lipinski definition) is 1.